The number of thiazole rings is 1. The molecule has 0 radical (unpaired) electrons. The van der Waals surface area contributed by atoms with Crippen LogP contribution in [-0.4, -0.2) is 15.9 Å². The fraction of sp³-hybridized carbons (Fsp3) is 0.136. The van der Waals surface area contributed by atoms with E-state index >= 15 is 0 Å². The molecule has 1 amide bonds. The second-order valence-corrected chi connectivity index (χ2v) is 8.82. The minimum atomic E-state index is -0.211. The molecule has 0 bridgehead atoms. The normalized spacial score (nSPS) is 11.0. The van der Waals surface area contributed by atoms with Crippen LogP contribution in [0.2, 0.25) is 5.02 Å². The van der Waals surface area contributed by atoms with Crippen LogP contribution in [0.5, 0.6) is 0 Å². The molecule has 0 fully saturated rings. The number of anilines is 1. The van der Waals surface area contributed by atoms with Gasteiger partial charge >= 0.3 is 0 Å². The minimum absolute atomic E-state index is 0.211. The highest BCUT2D eigenvalue weighted by Crippen LogP contribution is 2.33. The Hall–Kier alpha value is -2.28. The Morgan fingerprint density at radius 3 is 2.79 bits per heavy atom. The highest BCUT2D eigenvalue weighted by Gasteiger charge is 2.24. The van der Waals surface area contributed by atoms with Crippen LogP contribution in [-0.2, 0) is 13.0 Å². The molecule has 2 aromatic carbocycles. The van der Waals surface area contributed by atoms with Crippen LogP contribution in [0.4, 0.5) is 5.13 Å². The lowest BCUT2D eigenvalue weighted by Gasteiger charge is -2.20. The summed E-state index contributed by atoms with van der Waals surface area (Å²) in [7, 11) is 0. The maximum atomic E-state index is 13.5. The lowest BCUT2D eigenvalue weighted by atomic mass is 10.2. The lowest BCUT2D eigenvalue weighted by Crippen LogP contribution is -2.31. The van der Waals surface area contributed by atoms with Gasteiger partial charge in [-0.25, -0.2) is 4.98 Å². The fourth-order valence-electron chi connectivity index (χ4n) is 2.98. The van der Waals surface area contributed by atoms with E-state index in [-0.39, 0.29) is 5.91 Å². The van der Waals surface area contributed by atoms with Gasteiger partial charge in [0.1, 0.15) is 0 Å². The first kappa shape index (κ1) is 20.0. The number of nitrogens with zero attached hydrogens (tertiary/aromatic N) is 3. The largest absolute Gasteiger partial charge is 0.278 e. The monoisotopic (exact) mass is 485 g/mol. The van der Waals surface area contributed by atoms with Crippen LogP contribution in [0.1, 0.15) is 28.5 Å². The second kappa shape index (κ2) is 8.61. The summed E-state index contributed by atoms with van der Waals surface area (Å²) in [5, 5.41) is 1.03. The first-order valence-electron chi connectivity index (χ1n) is 9.11. The zero-order valence-corrected chi connectivity index (χ0v) is 18.8. The van der Waals surface area contributed by atoms with Gasteiger partial charge in [-0.3, -0.25) is 14.7 Å². The molecular formula is C22H17BrClN3OS. The van der Waals surface area contributed by atoms with E-state index in [1.165, 1.54) is 16.9 Å². The molecule has 4 aromatic rings. The number of pyridine rings is 1. The van der Waals surface area contributed by atoms with Crippen molar-refractivity contribution in [1.29, 1.82) is 0 Å². The summed E-state index contributed by atoms with van der Waals surface area (Å²) >= 11 is 11.3. The molecule has 29 heavy (non-hydrogen) atoms. The second-order valence-electron chi connectivity index (χ2n) is 6.49. The van der Waals surface area contributed by atoms with Crippen molar-refractivity contribution in [2.45, 2.75) is 19.9 Å². The van der Waals surface area contributed by atoms with E-state index in [1.807, 2.05) is 30.3 Å². The van der Waals surface area contributed by atoms with Gasteiger partial charge in [-0.05, 0) is 54.4 Å². The van der Waals surface area contributed by atoms with E-state index in [0.29, 0.717) is 22.3 Å². The Bertz CT molecular complexity index is 1180. The summed E-state index contributed by atoms with van der Waals surface area (Å²) in [5.41, 5.74) is 3.32. The van der Waals surface area contributed by atoms with Crippen LogP contribution in [0, 0.1) is 0 Å². The van der Waals surface area contributed by atoms with Gasteiger partial charge in [-0.15, -0.1) is 0 Å². The molecule has 0 N–H and O–H groups in total. The van der Waals surface area contributed by atoms with E-state index in [1.54, 1.807) is 23.2 Å². The fourth-order valence-corrected chi connectivity index (χ4v) is 4.57. The highest BCUT2D eigenvalue weighted by molar-refractivity contribution is 9.10. The Morgan fingerprint density at radius 2 is 2.03 bits per heavy atom. The predicted molar refractivity (Wildman–Crippen MR) is 123 cm³/mol. The van der Waals surface area contributed by atoms with E-state index in [2.05, 4.69) is 40.0 Å². The van der Waals surface area contributed by atoms with Crippen molar-refractivity contribution in [3.63, 3.8) is 0 Å². The topological polar surface area (TPSA) is 46.1 Å². The summed E-state index contributed by atoms with van der Waals surface area (Å²) in [6, 6.07) is 17.1. The molecule has 0 aliphatic carbocycles. The van der Waals surface area contributed by atoms with Crippen molar-refractivity contribution in [1.82, 2.24) is 9.97 Å². The molecule has 2 heterocycles. The molecule has 146 valence electrons. The molecule has 0 aliphatic rings. The smallest absolute Gasteiger partial charge is 0.261 e. The molecule has 2 aromatic heterocycles. The predicted octanol–water partition coefficient (Wildman–Crippen LogP) is 6.52. The third-order valence-corrected chi connectivity index (χ3v) is 6.39. The minimum Gasteiger partial charge on any atom is -0.278 e. The molecule has 4 rings (SSSR count). The Balaban J connectivity index is 1.79. The number of benzene rings is 2. The van der Waals surface area contributed by atoms with Crippen LogP contribution >= 0.6 is 38.9 Å². The van der Waals surface area contributed by atoms with Crippen LogP contribution < -0.4 is 4.90 Å². The highest BCUT2D eigenvalue weighted by atomic mass is 79.9. The van der Waals surface area contributed by atoms with Gasteiger partial charge < -0.3 is 0 Å². The van der Waals surface area contributed by atoms with Crippen LogP contribution in [0.3, 0.4) is 0 Å². The van der Waals surface area contributed by atoms with Crippen molar-refractivity contribution >= 4 is 60.1 Å². The van der Waals surface area contributed by atoms with Crippen molar-refractivity contribution in [3.8, 4) is 0 Å². The van der Waals surface area contributed by atoms with E-state index in [9.17, 15) is 4.79 Å². The van der Waals surface area contributed by atoms with Crippen molar-refractivity contribution in [3.05, 3.63) is 87.1 Å². The molecular weight excluding hydrogens is 470 g/mol. The number of amides is 1. The van der Waals surface area contributed by atoms with Gasteiger partial charge in [0.05, 0.1) is 33.0 Å². The number of hydrogen-bond donors (Lipinski definition) is 0. The van der Waals surface area contributed by atoms with Gasteiger partial charge in [0.15, 0.2) is 5.13 Å². The average molecular weight is 487 g/mol. The lowest BCUT2D eigenvalue weighted by molar-refractivity contribution is 0.0985. The van der Waals surface area contributed by atoms with Gasteiger partial charge in [-0.1, -0.05) is 57.9 Å². The molecule has 0 unspecified atom stereocenters. The number of aromatic nitrogens is 2. The maximum Gasteiger partial charge on any atom is 0.261 e. The number of aryl methyl sites for hydroxylation is 1. The van der Waals surface area contributed by atoms with Crippen molar-refractivity contribution < 1.29 is 4.79 Å². The van der Waals surface area contributed by atoms with Crippen molar-refractivity contribution in [2.75, 3.05) is 4.90 Å². The zero-order chi connectivity index (χ0) is 20.4. The number of rotatable bonds is 5. The molecule has 0 atom stereocenters. The average Bonchev–Trinajstić information content (AvgIpc) is 3.16. The number of fused-ring (bicyclic) bond motifs is 1. The summed E-state index contributed by atoms with van der Waals surface area (Å²) in [6.07, 6.45) is 2.67. The molecule has 0 aliphatic heterocycles. The maximum absolute atomic E-state index is 13.5. The first-order chi connectivity index (χ1) is 14.0. The molecule has 4 nitrogen and oxygen atoms in total. The number of carbonyl (C=O) groups is 1. The number of hydrogen-bond acceptors (Lipinski definition) is 4. The summed E-state index contributed by atoms with van der Waals surface area (Å²) in [4.78, 5) is 24.2. The van der Waals surface area contributed by atoms with Gasteiger partial charge in [0, 0.05) is 10.7 Å². The van der Waals surface area contributed by atoms with Crippen molar-refractivity contribution in [2.24, 2.45) is 0 Å². The van der Waals surface area contributed by atoms with E-state index in [0.717, 1.165) is 26.8 Å². The molecule has 0 saturated heterocycles. The Labute approximate surface area is 186 Å². The van der Waals surface area contributed by atoms with Gasteiger partial charge in [0.25, 0.3) is 5.91 Å². The Morgan fingerprint density at radius 1 is 1.17 bits per heavy atom. The standard InChI is InChI=1S/C22H17BrClN3OS/c1-2-14-6-9-19-20(11-14)29-22(26-19)27(13-16-5-3-4-10-25-16)21(28)17-12-15(23)7-8-18(17)24/h3-12H,2,13H2,1H3. The number of halogens is 2. The third kappa shape index (κ3) is 4.34. The summed E-state index contributed by atoms with van der Waals surface area (Å²) in [5.74, 6) is -0.211. The van der Waals surface area contributed by atoms with Gasteiger partial charge in [-0.2, -0.15) is 0 Å². The summed E-state index contributed by atoms with van der Waals surface area (Å²) in [6.45, 7) is 2.43. The Kier molecular flexibility index (Phi) is 5.94. The van der Waals surface area contributed by atoms with E-state index < -0.39 is 0 Å². The van der Waals surface area contributed by atoms with Crippen LogP contribution in [0.25, 0.3) is 10.2 Å². The summed E-state index contributed by atoms with van der Waals surface area (Å²) < 4.78 is 1.85. The SMILES string of the molecule is CCc1ccc2nc(N(Cc3ccccn3)C(=O)c3cc(Br)ccc3Cl)sc2c1. The molecule has 0 spiro atoms. The third-order valence-electron chi connectivity index (χ3n) is 4.53. The zero-order valence-electron chi connectivity index (χ0n) is 15.6. The quantitative estimate of drug-likeness (QED) is 0.323. The molecule has 0 saturated carbocycles. The van der Waals surface area contributed by atoms with E-state index in [4.69, 9.17) is 16.6 Å². The number of carbonyl (C=O) groups excluding carboxylic acids is 1. The molecule has 7 heteroatoms. The van der Waals surface area contributed by atoms with Gasteiger partial charge in [0.2, 0.25) is 0 Å². The van der Waals surface area contributed by atoms with Crippen LogP contribution in [0.15, 0.2) is 65.3 Å². The first-order valence-corrected chi connectivity index (χ1v) is 11.1.